The minimum Gasteiger partial charge on any atom is -0.337 e. The highest BCUT2D eigenvalue weighted by atomic mass is 32.2. The van der Waals surface area contributed by atoms with E-state index in [-0.39, 0.29) is 22.7 Å². The number of carbonyl (C=O) groups excluding carboxylic acids is 1. The summed E-state index contributed by atoms with van der Waals surface area (Å²) in [6, 6.07) is 7.79. The molecule has 0 atom stereocenters. The van der Waals surface area contributed by atoms with Gasteiger partial charge in [0.25, 0.3) is 5.91 Å². The number of halogens is 2. The van der Waals surface area contributed by atoms with Gasteiger partial charge in [0.1, 0.15) is 11.6 Å². The molecule has 2 aromatic carbocycles. The number of likely N-dealkylation sites (tertiary alicyclic amines) is 1. The molecule has 0 unspecified atom stereocenters. The van der Waals surface area contributed by atoms with Crippen LogP contribution >= 0.6 is 0 Å². The lowest BCUT2D eigenvalue weighted by Crippen LogP contribution is -2.45. The number of nitrogens with zero attached hydrogens (tertiary/aromatic N) is 3. The standard InChI is InChI=1S/C21H21F2N3O3S/c1-14-5-6-19-18(9-14)26(13-15-10-16(22)12-17(23)11-15)24-20(30(19,28)29)21(27)25-7-3-2-4-8-25/h5-6,9-12H,2-4,7-8,13H2,1H3. The lowest BCUT2D eigenvalue weighted by molar-refractivity contribution is -0.124. The zero-order valence-corrected chi connectivity index (χ0v) is 17.3. The summed E-state index contributed by atoms with van der Waals surface area (Å²) in [5.74, 6) is -2.13. The van der Waals surface area contributed by atoms with Crippen LogP contribution in [0.5, 0.6) is 0 Å². The molecule has 9 heteroatoms. The SMILES string of the molecule is Cc1ccc2c(c1)N(Cc1cc(F)cc(F)c1)N=C(C(=O)N1CCCCC1)S2(=O)=O. The quantitative estimate of drug-likeness (QED) is 0.744. The molecule has 1 amide bonds. The Morgan fingerprint density at radius 1 is 1.03 bits per heavy atom. The fraction of sp³-hybridized carbons (Fsp3) is 0.333. The summed E-state index contributed by atoms with van der Waals surface area (Å²) in [5.41, 5.74) is 1.34. The number of aryl methyl sites for hydroxylation is 1. The number of rotatable bonds is 3. The first kappa shape index (κ1) is 20.5. The van der Waals surface area contributed by atoms with E-state index in [1.807, 2.05) is 0 Å². The zero-order valence-electron chi connectivity index (χ0n) is 16.4. The van der Waals surface area contributed by atoms with Crippen LogP contribution in [-0.2, 0) is 21.2 Å². The number of amides is 1. The van der Waals surface area contributed by atoms with Gasteiger partial charge in [-0.3, -0.25) is 9.80 Å². The third-order valence-electron chi connectivity index (χ3n) is 5.23. The summed E-state index contributed by atoms with van der Waals surface area (Å²) in [6.07, 6.45) is 2.60. The Hall–Kier alpha value is -2.81. The summed E-state index contributed by atoms with van der Waals surface area (Å²) in [5, 5.41) is 4.94. The van der Waals surface area contributed by atoms with Gasteiger partial charge >= 0.3 is 0 Å². The van der Waals surface area contributed by atoms with E-state index in [0.29, 0.717) is 13.1 Å². The Kier molecular flexibility index (Phi) is 5.31. The minimum absolute atomic E-state index is 0.0414. The number of piperidine rings is 1. The monoisotopic (exact) mass is 433 g/mol. The first-order valence-corrected chi connectivity index (χ1v) is 11.2. The van der Waals surface area contributed by atoms with Gasteiger partial charge in [0.2, 0.25) is 14.9 Å². The van der Waals surface area contributed by atoms with Gasteiger partial charge in [-0.15, -0.1) is 0 Å². The van der Waals surface area contributed by atoms with Crippen molar-refractivity contribution in [2.75, 3.05) is 18.1 Å². The maximum atomic E-state index is 13.7. The molecule has 1 fully saturated rings. The van der Waals surface area contributed by atoms with Crippen molar-refractivity contribution in [1.29, 1.82) is 0 Å². The molecule has 0 N–H and O–H groups in total. The highest BCUT2D eigenvalue weighted by Crippen LogP contribution is 2.34. The number of fused-ring (bicyclic) bond motifs is 1. The van der Waals surface area contributed by atoms with Crippen LogP contribution in [0, 0.1) is 18.6 Å². The first-order valence-electron chi connectivity index (χ1n) is 9.72. The van der Waals surface area contributed by atoms with Gasteiger partial charge in [-0.25, -0.2) is 17.2 Å². The largest absolute Gasteiger partial charge is 0.337 e. The molecule has 0 saturated carbocycles. The summed E-state index contributed by atoms with van der Waals surface area (Å²) in [7, 11) is -4.12. The van der Waals surface area contributed by atoms with Crippen LogP contribution in [0.15, 0.2) is 46.4 Å². The Morgan fingerprint density at radius 2 is 1.70 bits per heavy atom. The van der Waals surface area contributed by atoms with Crippen LogP contribution in [0.1, 0.15) is 30.4 Å². The molecule has 1 saturated heterocycles. The Bertz CT molecular complexity index is 1120. The second-order valence-electron chi connectivity index (χ2n) is 7.57. The maximum Gasteiger partial charge on any atom is 0.286 e. The molecule has 0 radical (unpaired) electrons. The molecule has 0 bridgehead atoms. The molecule has 0 aromatic heterocycles. The van der Waals surface area contributed by atoms with Crippen LogP contribution < -0.4 is 5.01 Å². The molecule has 158 valence electrons. The molecule has 6 nitrogen and oxygen atoms in total. The van der Waals surface area contributed by atoms with Crippen LogP contribution in [0.3, 0.4) is 0 Å². The average Bonchev–Trinajstić information content (AvgIpc) is 2.69. The molecule has 0 aliphatic carbocycles. The average molecular weight is 433 g/mol. The topological polar surface area (TPSA) is 70.1 Å². The predicted molar refractivity (Wildman–Crippen MR) is 109 cm³/mol. The van der Waals surface area contributed by atoms with Crippen molar-refractivity contribution in [3.63, 3.8) is 0 Å². The molecule has 2 aliphatic rings. The summed E-state index contributed by atoms with van der Waals surface area (Å²) < 4.78 is 53.7. The van der Waals surface area contributed by atoms with E-state index in [4.69, 9.17) is 0 Å². The normalized spacial score (nSPS) is 18.0. The lowest BCUT2D eigenvalue weighted by atomic mass is 10.1. The molecule has 0 spiro atoms. The molecular weight excluding hydrogens is 412 g/mol. The van der Waals surface area contributed by atoms with Crippen LogP contribution in [0.25, 0.3) is 0 Å². The number of benzene rings is 2. The second-order valence-corrected chi connectivity index (χ2v) is 9.40. The van der Waals surface area contributed by atoms with Gasteiger partial charge in [-0.05, 0) is 61.6 Å². The minimum atomic E-state index is -4.12. The van der Waals surface area contributed by atoms with Crippen LogP contribution in [0.2, 0.25) is 0 Å². The number of hydrogen-bond acceptors (Lipinski definition) is 5. The summed E-state index contributed by atoms with van der Waals surface area (Å²) in [4.78, 5) is 14.5. The highest BCUT2D eigenvalue weighted by molar-refractivity contribution is 8.08. The van der Waals surface area contributed by atoms with Crippen LogP contribution in [-0.4, -0.2) is 37.4 Å². The second kappa shape index (κ2) is 7.79. The van der Waals surface area contributed by atoms with Crippen molar-refractivity contribution < 1.29 is 22.0 Å². The van der Waals surface area contributed by atoms with Gasteiger partial charge < -0.3 is 4.90 Å². The molecular formula is C21H21F2N3O3S. The van der Waals surface area contributed by atoms with E-state index in [1.54, 1.807) is 19.1 Å². The Morgan fingerprint density at radius 3 is 2.37 bits per heavy atom. The maximum absolute atomic E-state index is 13.7. The van der Waals surface area contributed by atoms with E-state index in [1.165, 1.54) is 16.0 Å². The van der Waals surface area contributed by atoms with Crippen molar-refractivity contribution in [2.45, 2.75) is 37.6 Å². The molecule has 2 aliphatic heterocycles. The smallest absolute Gasteiger partial charge is 0.286 e. The van der Waals surface area contributed by atoms with Gasteiger partial charge in [0.05, 0.1) is 17.1 Å². The van der Waals surface area contributed by atoms with Crippen molar-refractivity contribution in [3.05, 3.63) is 59.2 Å². The molecule has 2 heterocycles. The third kappa shape index (κ3) is 3.81. The molecule has 2 aromatic rings. The number of hydrazone groups is 1. The van der Waals surface area contributed by atoms with Crippen molar-refractivity contribution >= 4 is 26.5 Å². The first-order chi connectivity index (χ1) is 14.3. The fourth-order valence-electron chi connectivity index (χ4n) is 3.76. The van der Waals surface area contributed by atoms with E-state index < -0.39 is 32.4 Å². The zero-order chi connectivity index (χ0) is 21.5. The van der Waals surface area contributed by atoms with E-state index in [2.05, 4.69) is 5.10 Å². The third-order valence-corrected chi connectivity index (χ3v) is 6.92. The number of sulfone groups is 1. The van der Waals surface area contributed by atoms with E-state index in [0.717, 1.165) is 43.0 Å². The van der Waals surface area contributed by atoms with Gasteiger partial charge in [0, 0.05) is 19.2 Å². The van der Waals surface area contributed by atoms with Gasteiger partial charge in [-0.1, -0.05) is 6.07 Å². The Labute approximate surface area is 173 Å². The Balaban J connectivity index is 1.79. The number of hydrogen-bond donors (Lipinski definition) is 0. The van der Waals surface area contributed by atoms with Crippen molar-refractivity contribution in [2.24, 2.45) is 5.10 Å². The van der Waals surface area contributed by atoms with E-state index >= 15 is 0 Å². The van der Waals surface area contributed by atoms with Gasteiger partial charge in [0.15, 0.2) is 0 Å². The number of anilines is 1. The number of carbonyl (C=O) groups is 1. The highest BCUT2D eigenvalue weighted by Gasteiger charge is 2.39. The van der Waals surface area contributed by atoms with Crippen molar-refractivity contribution in [1.82, 2.24) is 4.90 Å². The lowest BCUT2D eigenvalue weighted by Gasteiger charge is -2.31. The molecule has 30 heavy (non-hydrogen) atoms. The fourth-order valence-corrected chi connectivity index (χ4v) is 5.22. The summed E-state index contributed by atoms with van der Waals surface area (Å²) in [6.45, 7) is 2.66. The van der Waals surface area contributed by atoms with Gasteiger partial charge in [-0.2, -0.15) is 5.10 Å². The summed E-state index contributed by atoms with van der Waals surface area (Å²) >= 11 is 0. The van der Waals surface area contributed by atoms with Crippen LogP contribution in [0.4, 0.5) is 14.5 Å². The molecule has 4 rings (SSSR count). The predicted octanol–water partition coefficient (Wildman–Crippen LogP) is 3.39. The van der Waals surface area contributed by atoms with E-state index in [9.17, 15) is 22.0 Å². The van der Waals surface area contributed by atoms with Crippen molar-refractivity contribution in [3.8, 4) is 0 Å².